The van der Waals surface area contributed by atoms with E-state index in [0.29, 0.717) is 18.4 Å². The molecule has 6 heteroatoms. The monoisotopic (exact) mass is 349 g/mol. The van der Waals surface area contributed by atoms with Crippen LogP contribution in [-0.2, 0) is 11.3 Å². The van der Waals surface area contributed by atoms with Crippen LogP contribution in [0, 0.1) is 0 Å². The first kappa shape index (κ1) is 14.0. The Hall–Kier alpha value is -0.390. The predicted molar refractivity (Wildman–Crippen MR) is 77.7 cm³/mol. The summed E-state index contributed by atoms with van der Waals surface area (Å²) >= 11 is 11.0. The van der Waals surface area contributed by atoms with Gasteiger partial charge in [-0.15, -0.1) is 23.4 Å². The van der Waals surface area contributed by atoms with Crippen LogP contribution >= 0.6 is 39.3 Å². The summed E-state index contributed by atoms with van der Waals surface area (Å²) in [5.74, 6) is 0.852. The number of carbonyl (C=O) groups is 1. The van der Waals surface area contributed by atoms with Crippen molar-refractivity contribution in [3.8, 4) is 5.75 Å². The summed E-state index contributed by atoms with van der Waals surface area (Å²) in [4.78, 5) is 14.7. The number of benzene rings is 1. The molecule has 3 nitrogen and oxygen atoms in total. The van der Waals surface area contributed by atoms with Crippen molar-refractivity contribution in [2.45, 2.75) is 16.1 Å². The first-order valence-electron chi connectivity index (χ1n) is 5.45. The predicted octanol–water partition coefficient (Wildman–Crippen LogP) is 3.09. The Morgan fingerprint density at radius 1 is 1.67 bits per heavy atom. The molecule has 1 unspecified atom stereocenters. The fourth-order valence-corrected chi connectivity index (χ4v) is 3.57. The van der Waals surface area contributed by atoms with Crippen LogP contribution < -0.4 is 4.74 Å². The van der Waals surface area contributed by atoms with E-state index in [2.05, 4.69) is 15.9 Å². The van der Waals surface area contributed by atoms with Crippen LogP contribution in [0.1, 0.15) is 5.56 Å². The highest BCUT2D eigenvalue weighted by atomic mass is 79.9. The zero-order valence-corrected chi connectivity index (χ0v) is 13.0. The number of thioether (sulfide) groups is 1. The van der Waals surface area contributed by atoms with Crippen molar-refractivity contribution in [2.24, 2.45) is 0 Å². The summed E-state index contributed by atoms with van der Waals surface area (Å²) < 4.78 is 5.09. The van der Waals surface area contributed by atoms with Crippen molar-refractivity contribution in [2.75, 3.05) is 19.0 Å². The van der Waals surface area contributed by atoms with Gasteiger partial charge in [-0.1, -0.05) is 15.9 Å². The molecule has 1 heterocycles. The van der Waals surface area contributed by atoms with Gasteiger partial charge in [0.05, 0.1) is 12.4 Å². The fraction of sp³-hybridized carbons (Fsp3) is 0.417. The lowest BCUT2D eigenvalue weighted by Gasteiger charge is -2.20. The van der Waals surface area contributed by atoms with Gasteiger partial charge >= 0.3 is 0 Å². The molecule has 0 aromatic heterocycles. The summed E-state index contributed by atoms with van der Waals surface area (Å²) in [6.07, 6.45) is 0. The number of rotatable bonds is 2. The Morgan fingerprint density at radius 3 is 3.11 bits per heavy atom. The Morgan fingerprint density at radius 2 is 2.44 bits per heavy atom. The van der Waals surface area contributed by atoms with Crippen LogP contribution in [0.4, 0.5) is 0 Å². The van der Waals surface area contributed by atoms with E-state index in [0.717, 1.165) is 16.2 Å². The van der Waals surface area contributed by atoms with E-state index < -0.39 is 0 Å². The van der Waals surface area contributed by atoms with Crippen LogP contribution in [0.15, 0.2) is 23.1 Å². The number of fused-ring (bicyclic) bond motifs is 1. The Kier molecular flexibility index (Phi) is 4.81. The lowest BCUT2D eigenvalue weighted by molar-refractivity contribution is -0.128. The van der Waals surface area contributed by atoms with Crippen LogP contribution in [0.5, 0.6) is 5.75 Å². The molecule has 0 spiro atoms. The van der Waals surface area contributed by atoms with Crippen LogP contribution in [0.25, 0.3) is 0 Å². The SMILES string of the molecule is COc1ccc2c(c1)CN(C(=O)CBr)CC(Cl)S2. The van der Waals surface area contributed by atoms with Gasteiger partial charge in [-0.25, -0.2) is 0 Å². The Bertz CT molecular complexity index is 458. The number of methoxy groups -OCH3 is 1. The maximum Gasteiger partial charge on any atom is 0.233 e. The molecule has 1 amide bonds. The largest absolute Gasteiger partial charge is 0.497 e. The second-order valence-electron chi connectivity index (χ2n) is 3.91. The number of halogens is 2. The molecule has 2 rings (SSSR count). The fourth-order valence-electron chi connectivity index (χ4n) is 1.81. The first-order chi connectivity index (χ1) is 8.63. The van der Waals surface area contributed by atoms with E-state index >= 15 is 0 Å². The van der Waals surface area contributed by atoms with E-state index in [4.69, 9.17) is 16.3 Å². The minimum Gasteiger partial charge on any atom is -0.497 e. The molecule has 0 N–H and O–H groups in total. The molecule has 0 saturated carbocycles. The van der Waals surface area contributed by atoms with Gasteiger partial charge in [0.15, 0.2) is 0 Å². The molecular formula is C12H13BrClNO2S. The molecule has 0 aliphatic carbocycles. The van der Waals surface area contributed by atoms with E-state index in [-0.39, 0.29) is 10.6 Å². The second kappa shape index (κ2) is 6.17. The van der Waals surface area contributed by atoms with Crippen LogP contribution in [0.2, 0.25) is 0 Å². The molecule has 98 valence electrons. The molecule has 0 fully saturated rings. The molecule has 1 aliphatic rings. The second-order valence-corrected chi connectivity index (χ2v) is 6.50. The van der Waals surface area contributed by atoms with E-state index in [9.17, 15) is 4.79 Å². The van der Waals surface area contributed by atoms with E-state index in [1.54, 1.807) is 23.8 Å². The van der Waals surface area contributed by atoms with E-state index in [1.165, 1.54) is 0 Å². The minimum absolute atomic E-state index is 0.0527. The number of amides is 1. The number of nitrogens with zero attached hydrogens (tertiary/aromatic N) is 1. The van der Waals surface area contributed by atoms with Crippen molar-refractivity contribution in [1.82, 2.24) is 4.90 Å². The summed E-state index contributed by atoms with van der Waals surface area (Å²) in [6.45, 7) is 1.13. The third-order valence-corrected chi connectivity index (χ3v) is 4.66. The summed E-state index contributed by atoms with van der Waals surface area (Å²) in [7, 11) is 1.64. The lowest BCUT2D eigenvalue weighted by atomic mass is 10.2. The van der Waals surface area contributed by atoms with Crippen molar-refractivity contribution < 1.29 is 9.53 Å². The molecule has 1 atom stereocenters. The van der Waals surface area contributed by atoms with Gasteiger partial charge in [0.1, 0.15) is 10.5 Å². The van der Waals surface area contributed by atoms with Crippen molar-refractivity contribution in [3.05, 3.63) is 23.8 Å². The third-order valence-electron chi connectivity index (χ3n) is 2.71. The van der Waals surface area contributed by atoms with Gasteiger partial charge in [-0.2, -0.15) is 0 Å². The lowest BCUT2D eigenvalue weighted by Crippen LogP contribution is -2.34. The summed E-state index contributed by atoms with van der Waals surface area (Å²) in [5.41, 5.74) is 1.08. The van der Waals surface area contributed by atoms with Gasteiger partial charge in [0, 0.05) is 18.0 Å². The summed E-state index contributed by atoms with van der Waals surface area (Å²) in [6, 6.07) is 5.87. The Balaban J connectivity index is 2.31. The standard InChI is InChI=1S/C12H13BrClNO2S/c1-17-9-2-3-10-8(4-9)6-15(12(16)5-13)7-11(14)18-10/h2-4,11H,5-7H2,1H3. The smallest absolute Gasteiger partial charge is 0.233 e. The average Bonchev–Trinajstić information content (AvgIpc) is 2.54. The maximum absolute atomic E-state index is 11.8. The molecule has 0 saturated heterocycles. The van der Waals surface area contributed by atoms with E-state index in [1.807, 2.05) is 18.2 Å². The number of alkyl halides is 2. The molecule has 0 bridgehead atoms. The summed E-state index contributed by atoms with van der Waals surface area (Å²) in [5, 5.41) is 0.320. The van der Waals surface area contributed by atoms with Gasteiger partial charge in [-0.3, -0.25) is 4.79 Å². The highest BCUT2D eigenvalue weighted by Gasteiger charge is 2.24. The van der Waals surface area contributed by atoms with Gasteiger partial charge in [0.25, 0.3) is 0 Å². The van der Waals surface area contributed by atoms with Crippen molar-refractivity contribution >= 4 is 45.2 Å². The third kappa shape index (κ3) is 3.13. The highest BCUT2D eigenvalue weighted by molar-refractivity contribution is 9.09. The normalized spacial score (nSPS) is 19.1. The van der Waals surface area contributed by atoms with Gasteiger partial charge in [0.2, 0.25) is 5.91 Å². The minimum atomic E-state index is -0.123. The van der Waals surface area contributed by atoms with Crippen molar-refractivity contribution in [1.29, 1.82) is 0 Å². The zero-order chi connectivity index (χ0) is 13.1. The van der Waals surface area contributed by atoms with Gasteiger partial charge in [-0.05, 0) is 23.8 Å². The Labute approximate surface area is 124 Å². The first-order valence-corrected chi connectivity index (χ1v) is 7.89. The molecule has 18 heavy (non-hydrogen) atoms. The topological polar surface area (TPSA) is 29.5 Å². The maximum atomic E-state index is 11.8. The number of carbonyl (C=O) groups excluding carboxylic acids is 1. The number of hydrogen-bond donors (Lipinski definition) is 0. The number of ether oxygens (including phenoxy) is 1. The van der Waals surface area contributed by atoms with Gasteiger partial charge < -0.3 is 9.64 Å². The zero-order valence-electron chi connectivity index (χ0n) is 9.86. The van der Waals surface area contributed by atoms with Crippen molar-refractivity contribution in [3.63, 3.8) is 0 Å². The average molecular weight is 351 g/mol. The molecule has 1 aromatic rings. The van der Waals surface area contributed by atoms with Crippen LogP contribution in [0.3, 0.4) is 0 Å². The quantitative estimate of drug-likeness (QED) is 0.768. The highest BCUT2D eigenvalue weighted by Crippen LogP contribution is 2.35. The molecule has 0 radical (unpaired) electrons. The number of hydrogen-bond acceptors (Lipinski definition) is 3. The molecule has 1 aromatic carbocycles. The molecular weight excluding hydrogens is 338 g/mol. The molecule has 1 aliphatic heterocycles. The van der Waals surface area contributed by atoms with Crippen LogP contribution in [-0.4, -0.2) is 34.5 Å².